The van der Waals surface area contributed by atoms with E-state index in [0.29, 0.717) is 22.6 Å². The standard InChI is InChI=1S/C17H19FN4O/c1-10-4-6-13(7-5-10)11(2)14-15-16(22(21-14)9-8-18)17(23)20-12(3)19-15/h4-7,11H,8-9H2,1-3H3,(H,19,20,23)/t11-/m1/s1. The molecule has 1 N–H and O–H groups in total. The van der Waals surface area contributed by atoms with Gasteiger partial charge in [-0.15, -0.1) is 0 Å². The molecule has 0 fully saturated rings. The second-order valence-corrected chi connectivity index (χ2v) is 5.78. The largest absolute Gasteiger partial charge is 0.309 e. The van der Waals surface area contributed by atoms with Gasteiger partial charge in [0, 0.05) is 5.92 Å². The Kier molecular flexibility index (Phi) is 3.98. The van der Waals surface area contributed by atoms with Crippen LogP contribution >= 0.6 is 0 Å². The minimum atomic E-state index is -0.581. The van der Waals surface area contributed by atoms with Crippen LogP contribution in [0.25, 0.3) is 11.0 Å². The van der Waals surface area contributed by atoms with E-state index in [0.717, 1.165) is 5.56 Å². The second-order valence-electron chi connectivity index (χ2n) is 5.78. The van der Waals surface area contributed by atoms with Crippen molar-refractivity contribution in [3.05, 3.63) is 57.3 Å². The van der Waals surface area contributed by atoms with Crippen LogP contribution in [0.5, 0.6) is 0 Å². The number of nitrogens with one attached hydrogen (secondary N) is 1. The summed E-state index contributed by atoms with van der Waals surface area (Å²) in [4.78, 5) is 19.3. The Labute approximate surface area is 133 Å². The van der Waals surface area contributed by atoms with Crippen molar-refractivity contribution in [1.29, 1.82) is 0 Å². The highest BCUT2D eigenvalue weighted by atomic mass is 19.1. The third-order valence-corrected chi connectivity index (χ3v) is 4.03. The van der Waals surface area contributed by atoms with Crippen LogP contribution in [0.1, 0.15) is 35.5 Å². The van der Waals surface area contributed by atoms with Crippen molar-refractivity contribution in [2.24, 2.45) is 0 Å². The smallest absolute Gasteiger partial charge is 0.277 e. The predicted molar refractivity (Wildman–Crippen MR) is 87.6 cm³/mol. The first kappa shape index (κ1) is 15.4. The summed E-state index contributed by atoms with van der Waals surface area (Å²) in [6.45, 7) is 5.25. The molecular formula is C17H19FN4O. The summed E-state index contributed by atoms with van der Waals surface area (Å²) in [6, 6.07) is 8.16. The fraction of sp³-hybridized carbons (Fsp3) is 0.353. The van der Waals surface area contributed by atoms with Crippen LogP contribution in [0.3, 0.4) is 0 Å². The molecule has 0 amide bonds. The molecule has 1 aromatic carbocycles. The van der Waals surface area contributed by atoms with Gasteiger partial charge >= 0.3 is 0 Å². The SMILES string of the molecule is Cc1ccc([C@@H](C)c2nn(CCF)c3c(=O)[nH]c(C)nc23)cc1. The number of halogens is 1. The van der Waals surface area contributed by atoms with Crippen molar-refractivity contribution < 1.29 is 4.39 Å². The summed E-state index contributed by atoms with van der Waals surface area (Å²) in [7, 11) is 0. The maximum absolute atomic E-state index is 12.8. The Balaban J connectivity index is 2.20. The first-order chi connectivity index (χ1) is 11.0. The Hall–Kier alpha value is -2.50. The Morgan fingerprint density at radius 2 is 1.96 bits per heavy atom. The quantitative estimate of drug-likeness (QED) is 0.805. The lowest BCUT2D eigenvalue weighted by Crippen LogP contribution is -2.14. The molecule has 1 atom stereocenters. The molecule has 0 unspecified atom stereocenters. The Morgan fingerprint density at radius 1 is 1.26 bits per heavy atom. The minimum Gasteiger partial charge on any atom is -0.309 e. The maximum Gasteiger partial charge on any atom is 0.277 e. The molecule has 0 radical (unpaired) electrons. The highest BCUT2D eigenvalue weighted by molar-refractivity contribution is 5.77. The molecule has 2 heterocycles. The molecule has 3 aromatic rings. The monoisotopic (exact) mass is 314 g/mol. The van der Waals surface area contributed by atoms with Crippen molar-refractivity contribution in [1.82, 2.24) is 19.7 Å². The first-order valence-electron chi connectivity index (χ1n) is 7.61. The zero-order valence-electron chi connectivity index (χ0n) is 13.4. The minimum absolute atomic E-state index is 0.0346. The molecule has 0 saturated carbocycles. The van der Waals surface area contributed by atoms with Gasteiger partial charge in [-0.2, -0.15) is 5.10 Å². The van der Waals surface area contributed by atoms with E-state index in [1.54, 1.807) is 6.92 Å². The maximum atomic E-state index is 12.8. The van der Waals surface area contributed by atoms with Crippen LogP contribution < -0.4 is 5.56 Å². The van der Waals surface area contributed by atoms with Gasteiger partial charge in [0.05, 0.1) is 12.2 Å². The van der Waals surface area contributed by atoms with E-state index in [9.17, 15) is 9.18 Å². The van der Waals surface area contributed by atoms with Gasteiger partial charge in [-0.25, -0.2) is 9.37 Å². The summed E-state index contributed by atoms with van der Waals surface area (Å²) in [6.07, 6.45) is 0. The van der Waals surface area contributed by atoms with Gasteiger partial charge in [0.1, 0.15) is 18.0 Å². The van der Waals surface area contributed by atoms with Crippen molar-refractivity contribution in [2.45, 2.75) is 33.2 Å². The fourth-order valence-corrected chi connectivity index (χ4v) is 2.77. The summed E-state index contributed by atoms with van der Waals surface area (Å²) in [5.74, 6) is 0.493. The number of hydrogen-bond donors (Lipinski definition) is 1. The molecule has 0 saturated heterocycles. The van der Waals surface area contributed by atoms with E-state index in [-0.39, 0.29) is 18.0 Å². The van der Waals surface area contributed by atoms with E-state index in [1.165, 1.54) is 10.2 Å². The van der Waals surface area contributed by atoms with Crippen LogP contribution in [0.2, 0.25) is 0 Å². The third kappa shape index (κ3) is 2.76. The zero-order chi connectivity index (χ0) is 16.6. The molecule has 0 spiro atoms. The van der Waals surface area contributed by atoms with Gasteiger partial charge in [-0.05, 0) is 19.4 Å². The number of aryl methyl sites for hydroxylation is 3. The van der Waals surface area contributed by atoms with Gasteiger partial charge in [0.15, 0.2) is 5.52 Å². The number of aromatic amines is 1. The molecular weight excluding hydrogens is 295 g/mol. The van der Waals surface area contributed by atoms with Gasteiger partial charge in [-0.1, -0.05) is 36.8 Å². The number of alkyl halides is 1. The Morgan fingerprint density at radius 3 is 2.61 bits per heavy atom. The van der Waals surface area contributed by atoms with E-state index < -0.39 is 6.67 Å². The van der Waals surface area contributed by atoms with Gasteiger partial charge in [-0.3, -0.25) is 9.48 Å². The predicted octanol–water partition coefficient (Wildman–Crippen LogP) is 2.86. The number of aromatic nitrogens is 4. The number of H-pyrrole nitrogens is 1. The topological polar surface area (TPSA) is 63.6 Å². The highest BCUT2D eigenvalue weighted by Crippen LogP contribution is 2.27. The number of fused-ring (bicyclic) bond motifs is 1. The van der Waals surface area contributed by atoms with E-state index in [2.05, 4.69) is 15.1 Å². The molecule has 6 heteroatoms. The zero-order valence-corrected chi connectivity index (χ0v) is 13.4. The van der Waals surface area contributed by atoms with Gasteiger partial charge in [0.2, 0.25) is 0 Å². The second kappa shape index (κ2) is 5.95. The number of rotatable bonds is 4. The van der Waals surface area contributed by atoms with E-state index in [1.807, 2.05) is 38.1 Å². The first-order valence-corrected chi connectivity index (χ1v) is 7.61. The molecule has 0 aliphatic carbocycles. The van der Waals surface area contributed by atoms with E-state index >= 15 is 0 Å². The summed E-state index contributed by atoms with van der Waals surface area (Å²) >= 11 is 0. The normalized spacial score (nSPS) is 12.7. The molecule has 2 aromatic heterocycles. The molecule has 0 aliphatic heterocycles. The number of benzene rings is 1. The van der Waals surface area contributed by atoms with Crippen LogP contribution in [-0.4, -0.2) is 26.4 Å². The van der Waals surface area contributed by atoms with Crippen molar-refractivity contribution in [2.75, 3.05) is 6.67 Å². The van der Waals surface area contributed by atoms with Crippen LogP contribution in [-0.2, 0) is 6.54 Å². The summed E-state index contributed by atoms with van der Waals surface area (Å²) in [5, 5.41) is 4.47. The molecule has 23 heavy (non-hydrogen) atoms. The fourth-order valence-electron chi connectivity index (χ4n) is 2.77. The van der Waals surface area contributed by atoms with Crippen molar-refractivity contribution in [3.63, 3.8) is 0 Å². The third-order valence-electron chi connectivity index (χ3n) is 4.03. The summed E-state index contributed by atoms with van der Waals surface area (Å²) in [5.41, 5.74) is 3.57. The molecule has 120 valence electrons. The lowest BCUT2D eigenvalue weighted by molar-refractivity contribution is 0.431. The molecule has 0 bridgehead atoms. The Bertz CT molecular complexity index is 895. The number of hydrogen-bond acceptors (Lipinski definition) is 3. The molecule has 3 rings (SSSR count). The average Bonchev–Trinajstić information content (AvgIpc) is 2.86. The molecule has 5 nitrogen and oxygen atoms in total. The van der Waals surface area contributed by atoms with Crippen LogP contribution in [0.15, 0.2) is 29.1 Å². The van der Waals surface area contributed by atoms with Crippen molar-refractivity contribution in [3.8, 4) is 0 Å². The van der Waals surface area contributed by atoms with Crippen LogP contribution in [0, 0.1) is 13.8 Å². The average molecular weight is 314 g/mol. The number of nitrogens with zero attached hydrogens (tertiary/aromatic N) is 3. The van der Waals surface area contributed by atoms with E-state index in [4.69, 9.17) is 0 Å². The highest BCUT2D eigenvalue weighted by Gasteiger charge is 2.21. The van der Waals surface area contributed by atoms with Gasteiger partial charge < -0.3 is 4.98 Å². The lowest BCUT2D eigenvalue weighted by atomic mass is 9.96. The van der Waals surface area contributed by atoms with Crippen molar-refractivity contribution >= 4 is 11.0 Å². The summed E-state index contributed by atoms with van der Waals surface area (Å²) < 4.78 is 14.2. The van der Waals surface area contributed by atoms with Crippen LogP contribution in [0.4, 0.5) is 4.39 Å². The molecule has 0 aliphatic rings. The van der Waals surface area contributed by atoms with Gasteiger partial charge in [0.25, 0.3) is 5.56 Å². The lowest BCUT2D eigenvalue weighted by Gasteiger charge is -2.09.